The van der Waals surface area contributed by atoms with Gasteiger partial charge in [0, 0.05) is 17.5 Å². The molecule has 22 heavy (non-hydrogen) atoms. The molecule has 4 nitrogen and oxygen atoms in total. The molecule has 0 heterocycles. The van der Waals surface area contributed by atoms with Crippen LogP contribution in [0.3, 0.4) is 0 Å². The summed E-state index contributed by atoms with van der Waals surface area (Å²) in [6, 6.07) is 0. The number of rotatable bonds is 7. The van der Waals surface area contributed by atoms with E-state index in [0.29, 0.717) is 6.42 Å². The van der Waals surface area contributed by atoms with Crippen LogP contribution in [0, 0.1) is 0 Å². The van der Waals surface area contributed by atoms with Gasteiger partial charge < -0.3 is 10.6 Å². The van der Waals surface area contributed by atoms with Crippen LogP contribution in [0.5, 0.6) is 0 Å². The normalized spacial score (nSPS) is 10.5. The van der Waals surface area contributed by atoms with Gasteiger partial charge in [-0.2, -0.15) is 0 Å². The first-order valence-corrected chi connectivity index (χ1v) is 7.79. The third-order valence-corrected chi connectivity index (χ3v) is 3.37. The lowest BCUT2D eigenvalue weighted by Crippen LogP contribution is -2.42. The Bertz CT molecular complexity index is 334. The highest BCUT2D eigenvalue weighted by atomic mass is 16.2. The van der Waals surface area contributed by atoms with Crippen molar-refractivity contribution in [3.8, 4) is 0 Å². The zero-order valence-electron chi connectivity index (χ0n) is 14.9. The Labute approximate surface area is 138 Å². The largest absolute Gasteiger partial charge is 0.351 e. The van der Waals surface area contributed by atoms with Crippen LogP contribution in [0.4, 0.5) is 0 Å². The monoisotopic (exact) mass is 314 g/mol. The van der Waals surface area contributed by atoms with Gasteiger partial charge in [-0.3, -0.25) is 9.59 Å². The lowest BCUT2D eigenvalue weighted by molar-refractivity contribution is -0.122. The van der Waals surface area contributed by atoms with E-state index in [4.69, 9.17) is 0 Å². The summed E-state index contributed by atoms with van der Waals surface area (Å²) < 4.78 is 0. The number of amides is 2. The predicted molar refractivity (Wildman–Crippen MR) is 96.9 cm³/mol. The van der Waals surface area contributed by atoms with Crippen LogP contribution in [0.15, 0.2) is 12.7 Å². The molecule has 0 aliphatic rings. The number of nitrogens with one attached hydrogen (secondary N) is 2. The molecule has 0 spiro atoms. The molecule has 0 aromatic heterocycles. The minimum atomic E-state index is -0.106. The Morgan fingerprint density at radius 2 is 1.36 bits per heavy atom. The van der Waals surface area contributed by atoms with Crippen molar-refractivity contribution in [2.24, 2.45) is 0 Å². The Balaban J connectivity index is -0.000000315. The van der Waals surface area contributed by atoms with Crippen LogP contribution in [0.1, 0.15) is 81.6 Å². The van der Waals surface area contributed by atoms with Crippen LogP contribution in [0.2, 0.25) is 0 Å². The summed E-state index contributed by atoms with van der Waals surface area (Å²) >= 11 is 0. The van der Waals surface area contributed by atoms with Crippen molar-refractivity contribution in [1.29, 1.82) is 0 Å². The average molecular weight is 315 g/mol. The van der Waals surface area contributed by atoms with Crippen molar-refractivity contribution in [3.05, 3.63) is 12.7 Å². The second-order valence-electron chi connectivity index (χ2n) is 6.47. The van der Waals surface area contributed by atoms with E-state index in [1.807, 2.05) is 41.5 Å². The van der Waals surface area contributed by atoms with Crippen molar-refractivity contribution in [1.82, 2.24) is 10.6 Å². The van der Waals surface area contributed by atoms with Gasteiger partial charge in [-0.15, -0.1) is 0 Å². The zero-order chi connectivity index (χ0) is 17.1. The predicted octanol–water partition coefficient (Wildman–Crippen LogP) is 4.20. The van der Waals surface area contributed by atoms with Gasteiger partial charge in [0.25, 0.3) is 0 Å². The second-order valence-corrected chi connectivity index (χ2v) is 6.47. The van der Waals surface area contributed by atoms with Crippen LogP contribution in [-0.2, 0) is 9.59 Å². The van der Waals surface area contributed by atoms with Crippen LogP contribution < -0.4 is 10.6 Å². The Kier molecular flexibility index (Phi) is 14.3. The molecule has 2 N–H and O–H groups in total. The fourth-order valence-electron chi connectivity index (χ4n) is 1.23. The quantitative estimate of drug-likeness (QED) is 0.692. The maximum absolute atomic E-state index is 11.1. The SMILES string of the molecule is C.C=CC(=O)NC(C)(C)CC.CCCC(=O)NC(C)(C)CC. The van der Waals surface area contributed by atoms with Crippen LogP contribution >= 0.6 is 0 Å². The van der Waals surface area contributed by atoms with E-state index in [1.165, 1.54) is 6.08 Å². The third-order valence-electron chi connectivity index (χ3n) is 3.37. The molecule has 132 valence electrons. The maximum Gasteiger partial charge on any atom is 0.243 e. The lowest BCUT2D eigenvalue weighted by atomic mass is 10.0. The van der Waals surface area contributed by atoms with Gasteiger partial charge >= 0.3 is 0 Å². The van der Waals surface area contributed by atoms with Crippen molar-refractivity contribution in [2.45, 2.75) is 92.7 Å². The lowest BCUT2D eigenvalue weighted by Gasteiger charge is -2.24. The molecule has 0 unspecified atom stereocenters. The van der Waals surface area contributed by atoms with E-state index in [2.05, 4.69) is 24.1 Å². The Morgan fingerprint density at radius 3 is 1.68 bits per heavy atom. The number of hydrogen-bond donors (Lipinski definition) is 2. The summed E-state index contributed by atoms with van der Waals surface area (Å²) in [7, 11) is 0. The standard InChI is InChI=1S/C9H19NO.C8H15NO.CH4/c1-5-7-8(11)10-9(3,4)6-2;1-5-7(10)9-8(3,4)6-2;/h5-7H2,1-4H3,(H,10,11);5H,1,6H2,2-4H3,(H,9,10);1H4. The van der Waals surface area contributed by atoms with Gasteiger partial charge in [-0.05, 0) is 53.0 Å². The summed E-state index contributed by atoms with van der Waals surface area (Å²) in [5.41, 5.74) is -0.141. The molecule has 0 radical (unpaired) electrons. The summed E-state index contributed by atoms with van der Waals surface area (Å²) in [5.74, 6) is 0.0613. The third kappa shape index (κ3) is 15.1. The molecule has 0 aromatic rings. The highest BCUT2D eigenvalue weighted by Crippen LogP contribution is 2.07. The summed E-state index contributed by atoms with van der Waals surface area (Å²) in [5, 5.41) is 5.77. The molecule has 0 aromatic carbocycles. The van der Waals surface area contributed by atoms with Gasteiger partial charge in [0.15, 0.2) is 0 Å². The second kappa shape index (κ2) is 12.2. The minimum absolute atomic E-state index is 0. The fourth-order valence-corrected chi connectivity index (χ4v) is 1.23. The van der Waals surface area contributed by atoms with Gasteiger partial charge in [0.05, 0.1) is 0 Å². The minimum Gasteiger partial charge on any atom is -0.351 e. The molecule has 2 amide bonds. The van der Waals surface area contributed by atoms with E-state index in [1.54, 1.807) is 0 Å². The van der Waals surface area contributed by atoms with Crippen LogP contribution in [-0.4, -0.2) is 22.9 Å². The Morgan fingerprint density at radius 1 is 0.955 bits per heavy atom. The van der Waals surface area contributed by atoms with E-state index in [-0.39, 0.29) is 30.3 Å². The van der Waals surface area contributed by atoms with E-state index >= 15 is 0 Å². The molecule has 0 aliphatic heterocycles. The molecule has 0 saturated heterocycles. The maximum atomic E-state index is 11.1. The first-order chi connectivity index (χ1) is 9.53. The van der Waals surface area contributed by atoms with Crippen molar-refractivity contribution >= 4 is 11.8 Å². The molecule has 4 heteroatoms. The van der Waals surface area contributed by atoms with E-state index < -0.39 is 0 Å². The molecule has 0 bridgehead atoms. The highest BCUT2D eigenvalue weighted by Gasteiger charge is 2.16. The number of carbonyl (C=O) groups excluding carboxylic acids is 2. The van der Waals surface area contributed by atoms with E-state index in [9.17, 15) is 9.59 Å². The number of carbonyl (C=O) groups is 2. The molecular weight excluding hydrogens is 276 g/mol. The fraction of sp³-hybridized carbons (Fsp3) is 0.778. The molecule has 0 fully saturated rings. The molecular formula is C18H38N2O2. The average Bonchev–Trinajstić information content (AvgIpc) is 2.38. The summed E-state index contributed by atoms with van der Waals surface area (Å²) in [4.78, 5) is 21.9. The first-order valence-electron chi connectivity index (χ1n) is 7.79. The smallest absolute Gasteiger partial charge is 0.243 e. The summed E-state index contributed by atoms with van der Waals surface area (Å²) in [6.45, 7) is 17.5. The van der Waals surface area contributed by atoms with Crippen LogP contribution in [0.25, 0.3) is 0 Å². The van der Waals surface area contributed by atoms with Crippen molar-refractivity contribution in [2.75, 3.05) is 0 Å². The van der Waals surface area contributed by atoms with Gasteiger partial charge in [0.2, 0.25) is 11.8 Å². The molecule has 0 saturated carbocycles. The topological polar surface area (TPSA) is 58.2 Å². The van der Waals surface area contributed by atoms with Crippen molar-refractivity contribution < 1.29 is 9.59 Å². The van der Waals surface area contributed by atoms with Gasteiger partial charge in [-0.1, -0.05) is 34.8 Å². The zero-order valence-corrected chi connectivity index (χ0v) is 14.9. The van der Waals surface area contributed by atoms with Gasteiger partial charge in [-0.25, -0.2) is 0 Å². The number of hydrogen-bond acceptors (Lipinski definition) is 2. The van der Waals surface area contributed by atoms with E-state index in [0.717, 1.165) is 19.3 Å². The van der Waals surface area contributed by atoms with Gasteiger partial charge in [0.1, 0.15) is 0 Å². The van der Waals surface area contributed by atoms with Crippen molar-refractivity contribution in [3.63, 3.8) is 0 Å². The first kappa shape index (κ1) is 25.6. The molecule has 0 rings (SSSR count). The molecule has 0 aliphatic carbocycles. The summed E-state index contributed by atoms with van der Waals surface area (Å²) in [6.07, 6.45) is 4.75. The highest BCUT2D eigenvalue weighted by molar-refractivity contribution is 5.87. The Hall–Kier alpha value is -1.32. The molecule has 0 atom stereocenters.